The van der Waals surface area contributed by atoms with Gasteiger partial charge in [-0.3, -0.25) is 4.84 Å². The molecule has 8 heteroatoms. The van der Waals surface area contributed by atoms with E-state index in [4.69, 9.17) is 16.3 Å². The zero-order valence-electron chi connectivity index (χ0n) is 13.1. The minimum absolute atomic E-state index is 0. The molecule has 0 unspecified atom stereocenters. The van der Waals surface area contributed by atoms with E-state index in [9.17, 15) is 0 Å². The van der Waals surface area contributed by atoms with Gasteiger partial charge in [0.2, 0.25) is 11.9 Å². The summed E-state index contributed by atoms with van der Waals surface area (Å²) in [4.78, 5) is 16.0. The Morgan fingerprint density at radius 1 is 1.23 bits per heavy atom. The third-order valence-electron chi connectivity index (χ3n) is 3.17. The molecule has 122 valence electrons. The van der Waals surface area contributed by atoms with Crippen molar-refractivity contribution in [3.8, 4) is 0 Å². The van der Waals surface area contributed by atoms with Gasteiger partial charge in [0.05, 0.1) is 6.61 Å². The van der Waals surface area contributed by atoms with Gasteiger partial charge in [-0.2, -0.15) is 10.1 Å². The Hall–Kier alpha value is -1.80. The van der Waals surface area contributed by atoms with Gasteiger partial charge in [0.25, 0.3) is 0 Å². The number of para-hydroxylation sites is 1. The number of guanidine groups is 2. The molecular formula is C14H23BrN6O. The number of aliphatic imine (C=N–C) groups is 2. The zero-order chi connectivity index (χ0) is 15.5. The first kappa shape index (κ1) is 18.2. The largest absolute Gasteiger partial charge is 0.372 e. The average Bonchev–Trinajstić information content (AvgIpc) is 2.41. The third kappa shape index (κ3) is 4.35. The van der Waals surface area contributed by atoms with E-state index >= 15 is 0 Å². The molecule has 0 amide bonds. The standard InChI is InChI=1S/C14H22N6O.BrH/c1-14(2)18-12(15)17-13(16)20(14)21-10-9-19(3)11-7-5-4-6-8-11;/h4-8H,9-10H2,1-3H3,(H4,15,16,17,18);1H. The minimum Gasteiger partial charge on any atom is -0.372 e. The Bertz CT molecular complexity index is 546. The monoisotopic (exact) mass is 370 g/mol. The summed E-state index contributed by atoms with van der Waals surface area (Å²) in [5.41, 5.74) is 11.9. The molecule has 0 aliphatic carbocycles. The fourth-order valence-corrected chi connectivity index (χ4v) is 2.10. The highest BCUT2D eigenvalue weighted by Crippen LogP contribution is 2.19. The second kappa shape index (κ2) is 7.46. The fraction of sp³-hybridized carbons (Fsp3) is 0.429. The number of likely N-dealkylation sites (N-methyl/N-ethyl adjacent to an activating group) is 1. The fourth-order valence-electron chi connectivity index (χ4n) is 2.10. The average molecular weight is 371 g/mol. The highest BCUT2D eigenvalue weighted by Gasteiger charge is 2.33. The molecule has 0 atom stereocenters. The zero-order valence-corrected chi connectivity index (χ0v) is 14.8. The van der Waals surface area contributed by atoms with Crippen LogP contribution in [0.5, 0.6) is 0 Å². The quantitative estimate of drug-likeness (QED) is 0.814. The summed E-state index contributed by atoms with van der Waals surface area (Å²) in [6, 6.07) is 10.1. The lowest BCUT2D eigenvalue weighted by atomic mass is 10.2. The van der Waals surface area contributed by atoms with Crippen molar-refractivity contribution >= 4 is 34.6 Å². The molecule has 1 heterocycles. The first-order valence-corrected chi connectivity index (χ1v) is 6.79. The minimum atomic E-state index is -0.665. The van der Waals surface area contributed by atoms with Crippen molar-refractivity contribution in [3.05, 3.63) is 30.3 Å². The lowest BCUT2D eigenvalue weighted by molar-refractivity contribution is -0.154. The Kier molecular flexibility index (Phi) is 6.19. The summed E-state index contributed by atoms with van der Waals surface area (Å²) in [7, 11) is 2.01. The second-order valence-electron chi connectivity index (χ2n) is 5.32. The number of nitrogens with zero attached hydrogens (tertiary/aromatic N) is 4. The lowest BCUT2D eigenvalue weighted by Gasteiger charge is -2.37. The molecule has 0 saturated carbocycles. The predicted molar refractivity (Wildman–Crippen MR) is 95.1 cm³/mol. The number of benzene rings is 1. The Morgan fingerprint density at radius 2 is 1.86 bits per heavy atom. The van der Waals surface area contributed by atoms with Gasteiger partial charge in [-0.25, -0.2) is 4.99 Å². The van der Waals surface area contributed by atoms with E-state index < -0.39 is 5.66 Å². The van der Waals surface area contributed by atoms with Crippen LogP contribution in [0.25, 0.3) is 0 Å². The van der Waals surface area contributed by atoms with Crippen molar-refractivity contribution in [1.82, 2.24) is 5.06 Å². The Balaban J connectivity index is 0.00000242. The number of hydrogen-bond acceptors (Lipinski definition) is 7. The van der Waals surface area contributed by atoms with Crippen LogP contribution in [0.2, 0.25) is 0 Å². The molecule has 1 aromatic carbocycles. The van der Waals surface area contributed by atoms with Crippen LogP contribution in [0.3, 0.4) is 0 Å². The summed E-state index contributed by atoms with van der Waals surface area (Å²) in [5.74, 6) is 0.383. The number of hydrogen-bond donors (Lipinski definition) is 2. The van der Waals surface area contributed by atoms with Crippen LogP contribution in [0, 0.1) is 0 Å². The number of anilines is 1. The smallest absolute Gasteiger partial charge is 0.226 e. The molecule has 4 N–H and O–H groups in total. The molecule has 0 saturated heterocycles. The first-order valence-electron chi connectivity index (χ1n) is 6.79. The van der Waals surface area contributed by atoms with Gasteiger partial charge >= 0.3 is 0 Å². The number of nitrogens with two attached hydrogens (primary N) is 2. The summed E-state index contributed by atoms with van der Waals surface area (Å²) in [5, 5.41) is 1.49. The first-order chi connectivity index (χ1) is 9.90. The van der Waals surface area contributed by atoms with Crippen LogP contribution in [0.1, 0.15) is 13.8 Å². The molecule has 0 bridgehead atoms. The molecule has 1 aliphatic heterocycles. The molecule has 22 heavy (non-hydrogen) atoms. The summed E-state index contributed by atoms with van der Waals surface area (Å²) in [6.45, 7) is 4.90. The van der Waals surface area contributed by atoms with Crippen LogP contribution in [-0.4, -0.2) is 42.8 Å². The molecule has 1 aliphatic rings. The van der Waals surface area contributed by atoms with Gasteiger partial charge in [0.15, 0.2) is 5.66 Å². The van der Waals surface area contributed by atoms with Gasteiger partial charge in [-0.15, -0.1) is 17.0 Å². The molecule has 1 aromatic rings. The van der Waals surface area contributed by atoms with Crippen molar-refractivity contribution in [1.29, 1.82) is 0 Å². The lowest BCUT2D eigenvalue weighted by Crippen LogP contribution is -2.54. The second-order valence-corrected chi connectivity index (χ2v) is 5.32. The van der Waals surface area contributed by atoms with E-state index in [1.54, 1.807) is 0 Å². The van der Waals surface area contributed by atoms with E-state index in [0.717, 1.165) is 5.69 Å². The summed E-state index contributed by atoms with van der Waals surface area (Å²) in [6.07, 6.45) is 0. The normalized spacial score (nSPS) is 16.4. The molecule has 7 nitrogen and oxygen atoms in total. The maximum atomic E-state index is 5.85. The van der Waals surface area contributed by atoms with E-state index in [1.165, 1.54) is 5.06 Å². The number of halogens is 1. The highest BCUT2D eigenvalue weighted by molar-refractivity contribution is 8.93. The number of rotatable bonds is 5. The van der Waals surface area contributed by atoms with Crippen LogP contribution in [0.15, 0.2) is 40.3 Å². The van der Waals surface area contributed by atoms with Crippen molar-refractivity contribution in [2.24, 2.45) is 21.5 Å². The van der Waals surface area contributed by atoms with Crippen molar-refractivity contribution < 1.29 is 4.84 Å². The topological polar surface area (TPSA) is 92.5 Å². The van der Waals surface area contributed by atoms with Crippen molar-refractivity contribution in [2.75, 3.05) is 25.1 Å². The van der Waals surface area contributed by atoms with Gasteiger partial charge < -0.3 is 16.4 Å². The van der Waals surface area contributed by atoms with E-state index in [-0.39, 0.29) is 28.9 Å². The van der Waals surface area contributed by atoms with E-state index in [1.807, 2.05) is 51.2 Å². The van der Waals surface area contributed by atoms with Gasteiger partial charge in [0.1, 0.15) is 0 Å². The van der Waals surface area contributed by atoms with E-state index in [0.29, 0.717) is 13.2 Å². The maximum Gasteiger partial charge on any atom is 0.226 e. The molecule has 2 rings (SSSR count). The molecular weight excluding hydrogens is 348 g/mol. The van der Waals surface area contributed by atoms with Gasteiger partial charge in [0, 0.05) is 19.3 Å². The van der Waals surface area contributed by atoms with Crippen molar-refractivity contribution in [3.63, 3.8) is 0 Å². The Morgan fingerprint density at radius 3 is 2.45 bits per heavy atom. The summed E-state index contributed by atoms with van der Waals surface area (Å²) < 4.78 is 0. The summed E-state index contributed by atoms with van der Waals surface area (Å²) >= 11 is 0. The van der Waals surface area contributed by atoms with E-state index in [2.05, 4.69) is 14.9 Å². The van der Waals surface area contributed by atoms with Crippen molar-refractivity contribution in [2.45, 2.75) is 19.5 Å². The molecule has 0 spiro atoms. The predicted octanol–water partition coefficient (Wildman–Crippen LogP) is 1.31. The van der Waals surface area contributed by atoms with Crippen LogP contribution in [0.4, 0.5) is 5.69 Å². The molecule has 0 fully saturated rings. The maximum absolute atomic E-state index is 5.85. The molecule has 0 radical (unpaired) electrons. The van der Waals surface area contributed by atoms with Crippen LogP contribution >= 0.6 is 17.0 Å². The Labute approximate surface area is 141 Å². The van der Waals surface area contributed by atoms with Crippen LogP contribution in [-0.2, 0) is 4.84 Å². The number of hydroxylamine groups is 2. The van der Waals surface area contributed by atoms with Gasteiger partial charge in [-0.05, 0) is 26.0 Å². The highest BCUT2D eigenvalue weighted by atomic mass is 79.9. The van der Waals surface area contributed by atoms with Gasteiger partial charge in [-0.1, -0.05) is 18.2 Å². The molecule has 0 aromatic heterocycles. The SMILES string of the molecule is Br.CN(CCON1C(N)=NC(N)=NC1(C)C)c1ccccc1. The van der Waals surface area contributed by atoms with Crippen LogP contribution < -0.4 is 16.4 Å². The third-order valence-corrected chi connectivity index (χ3v) is 3.17.